The standard InChI is InChI=1S/C16H21NO4/c1-16(2,3)21-15(20)14(12-8-5-4-6-9-12)17-11-7-10-13(18)19/h4-10,14,17H,11H2,1-3H3,(H,18,19)/b10-7+/t14-/m0/s1. The zero-order chi connectivity index (χ0) is 15.9. The van der Waals surface area contributed by atoms with Crippen molar-refractivity contribution in [1.82, 2.24) is 5.32 Å². The van der Waals surface area contributed by atoms with Crippen molar-refractivity contribution >= 4 is 11.9 Å². The van der Waals surface area contributed by atoms with E-state index < -0.39 is 23.6 Å². The lowest BCUT2D eigenvalue weighted by Gasteiger charge is -2.24. The normalized spacial score (nSPS) is 13.1. The highest BCUT2D eigenvalue weighted by molar-refractivity contribution is 5.80. The molecule has 114 valence electrons. The van der Waals surface area contributed by atoms with Gasteiger partial charge >= 0.3 is 11.9 Å². The van der Waals surface area contributed by atoms with Crippen molar-refractivity contribution < 1.29 is 19.4 Å². The number of carbonyl (C=O) groups is 2. The van der Waals surface area contributed by atoms with Gasteiger partial charge in [-0.05, 0) is 26.3 Å². The Kier molecular flexibility index (Phi) is 6.11. The summed E-state index contributed by atoms with van der Waals surface area (Å²) in [5.41, 5.74) is 0.193. The van der Waals surface area contributed by atoms with E-state index >= 15 is 0 Å². The smallest absolute Gasteiger partial charge is 0.328 e. The number of esters is 1. The Hall–Kier alpha value is -2.14. The molecule has 0 unspecified atom stereocenters. The maximum Gasteiger partial charge on any atom is 0.328 e. The molecule has 1 rings (SSSR count). The zero-order valence-electron chi connectivity index (χ0n) is 12.5. The lowest BCUT2D eigenvalue weighted by Crippen LogP contribution is -2.35. The minimum atomic E-state index is -1.02. The van der Waals surface area contributed by atoms with Gasteiger partial charge in [-0.15, -0.1) is 0 Å². The number of benzene rings is 1. The van der Waals surface area contributed by atoms with Crippen LogP contribution in [0.2, 0.25) is 0 Å². The Labute approximate surface area is 124 Å². The maximum atomic E-state index is 12.3. The molecule has 0 aliphatic carbocycles. The third kappa shape index (κ3) is 6.72. The maximum absolute atomic E-state index is 12.3. The fourth-order valence-corrected chi connectivity index (χ4v) is 1.69. The summed E-state index contributed by atoms with van der Waals surface area (Å²) in [5, 5.41) is 11.5. The molecule has 0 fully saturated rings. The Bertz CT molecular complexity index is 503. The summed E-state index contributed by atoms with van der Waals surface area (Å²) in [7, 11) is 0. The van der Waals surface area contributed by atoms with E-state index in [9.17, 15) is 9.59 Å². The summed E-state index contributed by atoms with van der Waals surface area (Å²) >= 11 is 0. The lowest BCUT2D eigenvalue weighted by molar-refractivity contribution is -0.157. The molecule has 21 heavy (non-hydrogen) atoms. The number of rotatable bonds is 6. The van der Waals surface area contributed by atoms with Gasteiger partial charge in [-0.1, -0.05) is 36.4 Å². The highest BCUT2D eigenvalue weighted by Gasteiger charge is 2.25. The summed E-state index contributed by atoms with van der Waals surface area (Å²) < 4.78 is 5.39. The van der Waals surface area contributed by atoms with E-state index in [2.05, 4.69) is 5.32 Å². The molecule has 5 nitrogen and oxygen atoms in total. The molecule has 0 saturated heterocycles. The van der Waals surface area contributed by atoms with E-state index in [4.69, 9.17) is 9.84 Å². The Balaban J connectivity index is 2.80. The van der Waals surface area contributed by atoms with Crippen LogP contribution >= 0.6 is 0 Å². The van der Waals surface area contributed by atoms with E-state index in [1.807, 2.05) is 30.3 Å². The van der Waals surface area contributed by atoms with Crippen LogP contribution in [-0.4, -0.2) is 29.2 Å². The van der Waals surface area contributed by atoms with Crippen LogP contribution in [-0.2, 0) is 14.3 Å². The highest BCUT2D eigenvalue weighted by atomic mass is 16.6. The number of aliphatic carboxylic acids is 1. The van der Waals surface area contributed by atoms with Gasteiger partial charge in [0.15, 0.2) is 0 Å². The average molecular weight is 291 g/mol. The molecular formula is C16H21NO4. The van der Waals surface area contributed by atoms with Crippen LogP contribution in [0.15, 0.2) is 42.5 Å². The van der Waals surface area contributed by atoms with Crippen LogP contribution in [0, 0.1) is 0 Å². The van der Waals surface area contributed by atoms with Gasteiger partial charge in [-0.3, -0.25) is 5.32 Å². The van der Waals surface area contributed by atoms with Crippen LogP contribution in [0.3, 0.4) is 0 Å². The van der Waals surface area contributed by atoms with Gasteiger partial charge in [-0.2, -0.15) is 0 Å². The van der Waals surface area contributed by atoms with Gasteiger partial charge in [-0.25, -0.2) is 9.59 Å². The van der Waals surface area contributed by atoms with Gasteiger partial charge in [0, 0.05) is 12.6 Å². The zero-order valence-corrected chi connectivity index (χ0v) is 12.5. The van der Waals surface area contributed by atoms with Crippen molar-refractivity contribution in [1.29, 1.82) is 0 Å². The number of carboxylic acids is 1. The van der Waals surface area contributed by atoms with E-state index in [-0.39, 0.29) is 6.54 Å². The van der Waals surface area contributed by atoms with Crippen LogP contribution in [0.1, 0.15) is 32.4 Å². The minimum Gasteiger partial charge on any atom is -0.478 e. The third-order valence-electron chi connectivity index (χ3n) is 2.48. The Morgan fingerprint density at radius 1 is 1.29 bits per heavy atom. The quantitative estimate of drug-likeness (QED) is 0.621. The van der Waals surface area contributed by atoms with Crippen molar-refractivity contribution in [2.75, 3.05) is 6.54 Å². The highest BCUT2D eigenvalue weighted by Crippen LogP contribution is 2.18. The first-order valence-corrected chi connectivity index (χ1v) is 6.70. The lowest BCUT2D eigenvalue weighted by atomic mass is 10.1. The van der Waals surface area contributed by atoms with E-state index in [0.29, 0.717) is 0 Å². The summed E-state index contributed by atoms with van der Waals surface area (Å²) in [5.74, 6) is -1.41. The van der Waals surface area contributed by atoms with Crippen LogP contribution in [0.25, 0.3) is 0 Å². The number of ether oxygens (including phenoxy) is 1. The molecule has 2 N–H and O–H groups in total. The number of nitrogens with one attached hydrogen (secondary N) is 1. The molecule has 1 aromatic carbocycles. The van der Waals surface area contributed by atoms with Crippen LogP contribution in [0.5, 0.6) is 0 Å². The summed E-state index contributed by atoms with van der Waals surface area (Å²) in [4.78, 5) is 22.7. The fraction of sp³-hybridized carbons (Fsp3) is 0.375. The molecule has 1 atom stereocenters. The largest absolute Gasteiger partial charge is 0.478 e. The summed E-state index contributed by atoms with van der Waals surface area (Å²) in [6, 6.07) is 8.54. The second-order valence-electron chi connectivity index (χ2n) is 5.53. The second kappa shape index (κ2) is 7.59. The van der Waals surface area contributed by atoms with Crippen LogP contribution < -0.4 is 5.32 Å². The molecule has 0 saturated carbocycles. The predicted octanol–water partition coefficient (Wildman–Crippen LogP) is 2.30. The Morgan fingerprint density at radius 3 is 2.43 bits per heavy atom. The van der Waals surface area contributed by atoms with Crippen LogP contribution in [0.4, 0.5) is 0 Å². The molecule has 0 aromatic heterocycles. The topological polar surface area (TPSA) is 75.6 Å². The van der Waals surface area contributed by atoms with E-state index in [0.717, 1.165) is 11.6 Å². The number of hydrogen-bond acceptors (Lipinski definition) is 4. The van der Waals surface area contributed by atoms with Crippen molar-refractivity contribution in [3.05, 3.63) is 48.0 Å². The molecule has 0 bridgehead atoms. The first-order valence-electron chi connectivity index (χ1n) is 6.70. The van der Waals surface area contributed by atoms with Gasteiger partial charge in [0.25, 0.3) is 0 Å². The molecule has 0 radical (unpaired) electrons. The monoisotopic (exact) mass is 291 g/mol. The first-order chi connectivity index (χ1) is 9.79. The molecule has 5 heteroatoms. The Morgan fingerprint density at radius 2 is 1.90 bits per heavy atom. The van der Waals surface area contributed by atoms with Crippen molar-refractivity contribution in [2.24, 2.45) is 0 Å². The molecule has 0 aliphatic rings. The van der Waals surface area contributed by atoms with E-state index in [1.54, 1.807) is 20.8 Å². The van der Waals surface area contributed by atoms with E-state index in [1.165, 1.54) is 6.08 Å². The number of carbonyl (C=O) groups excluding carboxylic acids is 1. The molecule has 0 aliphatic heterocycles. The van der Waals surface area contributed by atoms with Crippen molar-refractivity contribution in [3.8, 4) is 0 Å². The van der Waals surface area contributed by atoms with Gasteiger partial charge in [0.1, 0.15) is 11.6 Å². The second-order valence-corrected chi connectivity index (χ2v) is 5.53. The summed E-state index contributed by atoms with van der Waals surface area (Å²) in [6.45, 7) is 5.66. The minimum absolute atomic E-state index is 0.255. The molecule has 0 heterocycles. The molecular weight excluding hydrogens is 270 g/mol. The average Bonchev–Trinajstić information content (AvgIpc) is 2.37. The van der Waals surface area contributed by atoms with Gasteiger partial charge in [0.05, 0.1) is 0 Å². The van der Waals surface area contributed by atoms with Gasteiger partial charge < -0.3 is 9.84 Å². The van der Waals surface area contributed by atoms with Crippen molar-refractivity contribution in [3.63, 3.8) is 0 Å². The van der Waals surface area contributed by atoms with Gasteiger partial charge in [0.2, 0.25) is 0 Å². The number of hydrogen-bond donors (Lipinski definition) is 2. The predicted molar refractivity (Wildman–Crippen MR) is 79.8 cm³/mol. The molecule has 0 amide bonds. The SMILES string of the molecule is CC(C)(C)OC(=O)[C@@H](NC/C=C/C(=O)O)c1ccccc1. The first kappa shape index (κ1) is 16.9. The number of carboxylic acid groups (broad SMARTS) is 1. The van der Waals surface area contributed by atoms with Crippen molar-refractivity contribution in [2.45, 2.75) is 32.4 Å². The molecule has 0 spiro atoms. The molecule has 1 aromatic rings. The summed E-state index contributed by atoms with van der Waals surface area (Å²) in [6.07, 6.45) is 2.48. The third-order valence-corrected chi connectivity index (χ3v) is 2.48. The fourth-order valence-electron chi connectivity index (χ4n) is 1.69.